The standard InChI is InChI=1S/C18H15N5O/c1-10-7-8-12-11(2)19-17(21-15(12)9-10)23-18-20-14-6-4-3-5-13(14)16(24)22-18/h3-9H,1-2H3,(H2,19,20,21,22,23,24). The number of hydrogen-bond donors (Lipinski definition) is 2. The minimum Gasteiger partial charge on any atom is -0.294 e. The highest BCUT2D eigenvalue weighted by molar-refractivity contribution is 5.83. The molecule has 0 atom stereocenters. The third-order valence-electron chi connectivity index (χ3n) is 3.89. The van der Waals surface area contributed by atoms with Crippen LogP contribution in [0.15, 0.2) is 47.3 Å². The maximum absolute atomic E-state index is 12.1. The second-order valence-corrected chi connectivity index (χ2v) is 5.71. The second-order valence-electron chi connectivity index (χ2n) is 5.71. The molecule has 0 aliphatic heterocycles. The van der Waals surface area contributed by atoms with Gasteiger partial charge in [0.25, 0.3) is 5.56 Å². The first-order chi connectivity index (χ1) is 11.6. The van der Waals surface area contributed by atoms with Gasteiger partial charge in [-0.05, 0) is 37.6 Å². The van der Waals surface area contributed by atoms with Gasteiger partial charge in [0, 0.05) is 5.39 Å². The highest BCUT2D eigenvalue weighted by Crippen LogP contribution is 2.20. The summed E-state index contributed by atoms with van der Waals surface area (Å²) in [5.74, 6) is 0.731. The number of aromatic nitrogens is 4. The molecule has 4 rings (SSSR count). The van der Waals surface area contributed by atoms with Gasteiger partial charge in [0.2, 0.25) is 11.9 Å². The molecular weight excluding hydrogens is 302 g/mol. The van der Waals surface area contributed by atoms with Gasteiger partial charge in [0.15, 0.2) is 0 Å². The van der Waals surface area contributed by atoms with Gasteiger partial charge in [-0.1, -0.05) is 24.3 Å². The summed E-state index contributed by atoms with van der Waals surface area (Å²) in [5.41, 5.74) is 3.27. The summed E-state index contributed by atoms with van der Waals surface area (Å²) >= 11 is 0. The van der Waals surface area contributed by atoms with E-state index >= 15 is 0 Å². The molecule has 0 bridgehead atoms. The third-order valence-corrected chi connectivity index (χ3v) is 3.89. The lowest BCUT2D eigenvalue weighted by Crippen LogP contribution is -2.12. The summed E-state index contributed by atoms with van der Waals surface area (Å²) in [4.78, 5) is 28.2. The van der Waals surface area contributed by atoms with Gasteiger partial charge in [-0.3, -0.25) is 15.1 Å². The average molecular weight is 317 g/mol. The first-order valence-electron chi connectivity index (χ1n) is 7.61. The summed E-state index contributed by atoms with van der Waals surface area (Å²) in [7, 11) is 0. The van der Waals surface area contributed by atoms with Crippen LogP contribution in [-0.4, -0.2) is 19.9 Å². The molecule has 24 heavy (non-hydrogen) atoms. The zero-order chi connectivity index (χ0) is 16.7. The van der Waals surface area contributed by atoms with Gasteiger partial charge >= 0.3 is 0 Å². The molecule has 0 saturated heterocycles. The minimum atomic E-state index is -0.198. The van der Waals surface area contributed by atoms with Crippen molar-refractivity contribution in [3.8, 4) is 0 Å². The lowest BCUT2D eigenvalue weighted by molar-refractivity contribution is 1.10. The SMILES string of the molecule is Cc1ccc2c(C)nc(Nc3nc4ccccc4c(=O)[nH]3)nc2c1. The van der Waals surface area contributed by atoms with Gasteiger partial charge in [-0.25, -0.2) is 15.0 Å². The second kappa shape index (κ2) is 5.42. The van der Waals surface area contributed by atoms with E-state index in [-0.39, 0.29) is 5.56 Å². The van der Waals surface area contributed by atoms with Crippen molar-refractivity contribution < 1.29 is 0 Å². The minimum absolute atomic E-state index is 0.198. The Kier molecular flexibility index (Phi) is 3.23. The predicted octanol–water partition coefficient (Wildman–Crippen LogP) is 3.23. The zero-order valence-electron chi connectivity index (χ0n) is 13.3. The number of anilines is 2. The smallest absolute Gasteiger partial charge is 0.260 e. The lowest BCUT2D eigenvalue weighted by Gasteiger charge is -2.08. The molecule has 2 aromatic heterocycles. The Balaban J connectivity index is 1.80. The number of rotatable bonds is 2. The molecule has 0 unspecified atom stereocenters. The van der Waals surface area contributed by atoms with Crippen LogP contribution in [0.4, 0.5) is 11.9 Å². The van der Waals surface area contributed by atoms with Crippen molar-refractivity contribution in [2.45, 2.75) is 13.8 Å². The predicted molar refractivity (Wildman–Crippen MR) is 94.7 cm³/mol. The van der Waals surface area contributed by atoms with Crippen molar-refractivity contribution >= 4 is 33.7 Å². The van der Waals surface area contributed by atoms with E-state index in [1.54, 1.807) is 12.1 Å². The molecule has 0 fully saturated rings. The summed E-state index contributed by atoms with van der Waals surface area (Å²) in [6.45, 7) is 3.95. The maximum Gasteiger partial charge on any atom is 0.260 e. The molecule has 6 nitrogen and oxygen atoms in total. The Morgan fingerprint density at radius 1 is 0.917 bits per heavy atom. The van der Waals surface area contributed by atoms with E-state index in [1.807, 2.05) is 44.2 Å². The maximum atomic E-state index is 12.1. The molecule has 0 radical (unpaired) electrons. The van der Waals surface area contributed by atoms with Crippen LogP contribution in [-0.2, 0) is 0 Å². The zero-order valence-corrected chi connectivity index (χ0v) is 13.3. The Morgan fingerprint density at radius 3 is 2.62 bits per heavy atom. The van der Waals surface area contributed by atoms with Crippen molar-refractivity contribution in [2.75, 3.05) is 5.32 Å². The highest BCUT2D eigenvalue weighted by Gasteiger charge is 2.08. The van der Waals surface area contributed by atoms with Crippen LogP contribution in [0.2, 0.25) is 0 Å². The topological polar surface area (TPSA) is 83.6 Å². The van der Waals surface area contributed by atoms with Crippen molar-refractivity contribution in [1.82, 2.24) is 19.9 Å². The van der Waals surface area contributed by atoms with E-state index in [4.69, 9.17) is 0 Å². The van der Waals surface area contributed by atoms with Crippen LogP contribution in [0.25, 0.3) is 21.8 Å². The Hall–Kier alpha value is -3.28. The molecule has 0 amide bonds. The number of nitrogens with zero attached hydrogens (tertiary/aromatic N) is 3. The molecule has 6 heteroatoms. The molecule has 0 spiro atoms. The van der Waals surface area contributed by atoms with Gasteiger partial charge in [0.05, 0.1) is 22.1 Å². The van der Waals surface area contributed by atoms with Crippen LogP contribution in [0.3, 0.4) is 0 Å². The van der Waals surface area contributed by atoms with E-state index < -0.39 is 0 Å². The van der Waals surface area contributed by atoms with Crippen LogP contribution < -0.4 is 10.9 Å². The lowest BCUT2D eigenvalue weighted by atomic mass is 10.1. The van der Waals surface area contributed by atoms with Gasteiger partial charge in [-0.15, -0.1) is 0 Å². The van der Waals surface area contributed by atoms with E-state index in [1.165, 1.54) is 0 Å². The van der Waals surface area contributed by atoms with E-state index in [9.17, 15) is 4.79 Å². The fourth-order valence-corrected chi connectivity index (χ4v) is 2.71. The van der Waals surface area contributed by atoms with Crippen molar-refractivity contribution in [2.24, 2.45) is 0 Å². The van der Waals surface area contributed by atoms with Crippen molar-refractivity contribution in [3.63, 3.8) is 0 Å². The quantitative estimate of drug-likeness (QED) is 0.593. The Morgan fingerprint density at radius 2 is 1.75 bits per heavy atom. The number of benzene rings is 2. The largest absolute Gasteiger partial charge is 0.294 e. The van der Waals surface area contributed by atoms with Crippen LogP contribution >= 0.6 is 0 Å². The third kappa shape index (κ3) is 2.48. The van der Waals surface area contributed by atoms with Crippen molar-refractivity contribution in [3.05, 3.63) is 64.1 Å². The van der Waals surface area contributed by atoms with E-state index in [2.05, 4.69) is 25.3 Å². The van der Waals surface area contributed by atoms with Crippen LogP contribution in [0, 0.1) is 13.8 Å². The molecule has 0 aliphatic carbocycles. The first kappa shape index (κ1) is 14.3. The average Bonchev–Trinajstić information content (AvgIpc) is 2.54. The number of para-hydroxylation sites is 1. The fraction of sp³-hybridized carbons (Fsp3) is 0.111. The normalized spacial score (nSPS) is 11.1. The number of aryl methyl sites for hydroxylation is 2. The molecular formula is C18H15N5O. The Labute approximate surface area is 137 Å². The monoisotopic (exact) mass is 317 g/mol. The number of aromatic amines is 1. The summed E-state index contributed by atoms with van der Waals surface area (Å²) < 4.78 is 0. The van der Waals surface area contributed by atoms with Gasteiger partial charge < -0.3 is 0 Å². The molecule has 118 valence electrons. The summed E-state index contributed by atoms with van der Waals surface area (Å²) in [6, 6.07) is 13.2. The van der Waals surface area contributed by atoms with Crippen molar-refractivity contribution in [1.29, 1.82) is 0 Å². The number of H-pyrrole nitrogens is 1. The van der Waals surface area contributed by atoms with Gasteiger partial charge in [-0.2, -0.15) is 0 Å². The molecule has 0 saturated carbocycles. The summed E-state index contributed by atoms with van der Waals surface area (Å²) in [5, 5.41) is 4.56. The highest BCUT2D eigenvalue weighted by atomic mass is 16.1. The number of nitrogens with one attached hydrogen (secondary N) is 2. The molecule has 4 aromatic rings. The molecule has 2 N–H and O–H groups in total. The van der Waals surface area contributed by atoms with Crippen LogP contribution in [0.5, 0.6) is 0 Å². The Bertz CT molecular complexity index is 1130. The van der Waals surface area contributed by atoms with Gasteiger partial charge in [0.1, 0.15) is 0 Å². The first-order valence-corrected chi connectivity index (χ1v) is 7.61. The number of hydrogen-bond acceptors (Lipinski definition) is 5. The number of fused-ring (bicyclic) bond motifs is 2. The van der Waals surface area contributed by atoms with E-state index in [0.717, 1.165) is 22.2 Å². The molecule has 0 aliphatic rings. The summed E-state index contributed by atoms with van der Waals surface area (Å²) in [6.07, 6.45) is 0. The van der Waals surface area contributed by atoms with Crippen LogP contribution in [0.1, 0.15) is 11.3 Å². The molecule has 2 aromatic carbocycles. The molecule has 2 heterocycles. The fourth-order valence-electron chi connectivity index (χ4n) is 2.71. The van der Waals surface area contributed by atoms with E-state index in [0.29, 0.717) is 22.8 Å².